The third-order valence-corrected chi connectivity index (χ3v) is 5.76. The second-order valence-electron chi connectivity index (χ2n) is 7.48. The van der Waals surface area contributed by atoms with Crippen molar-refractivity contribution >= 4 is 36.5 Å². The first kappa shape index (κ1) is 25.0. The van der Waals surface area contributed by atoms with Crippen LogP contribution in [0.5, 0.6) is 0 Å². The Balaban J connectivity index is 0.00000196. The fourth-order valence-electron chi connectivity index (χ4n) is 3.98. The molecule has 0 saturated carbocycles. The van der Waals surface area contributed by atoms with Gasteiger partial charge >= 0.3 is 0 Å². The minimum Gasteiger partial charge on any atom is -0.353 e. The lowest BCUT2D eigenvalue weighted by atomic mass is 9.93. The van der Waals surface area contributed by atoms with E-state index in [1.54, 1.807) is 0 Å². The van der Waals surface area contributed by atoms with E-state index in [-0.39, 0.29) is 24.8 Å². The van der Waals surface area contributed by atoms with Crippen LogP contribution in [-0.2, 0) is 4.79 Å². The van der Waals surface area contributed by atoms with Gasteiger partial charge in [0.2, 0.25) is 5.91 Å². The number of hydrogen-bond acceptors (Lipinski definition) is 5. The molecule has 160 valence electrons. The minimum absolute atomic E-state index is 0. The van der Waals surface area contributed by atoms with E-state index in [4.69, 9.17) is 0 Å². The van der Waals surface area contributed by atoms with Gasteiger partial charge in [0.1, 0.15) is 5.82 Å². The summed E-state index contributed by atoms with van der Waals surface area (Å²) in [6.07, 6.45) is 6.32. The molecule has 0 aliphatic carbocycles. The van der Waals surface area contributed by atoms with Crippen LogP contribution in [0.2, 0.25) is 0 Å². The number of aromatic nitrogens is 1. The smallest absolute Gasteiger partial charge is 0.223 e. The molecule has 2 fully saturated rings. The molecule has 2 aliphatic rings. The molecule has 2 aliphatic heterocycles. The molecule has 0 spiro atoms. The Labute approximate surface area is 181 Å². The zero-order valence-corrected chi connectivity index (χ0v) is 18.5. The highest BCUT2D eigenvalue weighted by Crippen LogP contribution is 2.20. The lowest BCUT2D eigenvalue weighted by molar-refractivity contribution is -0.131. The zero-order valence-electron chi connectivity index (χ0n) is 16.9. The standard InChI is InChI=1S/C20H33N5O.2ClH/c1-21-10-5-18-6-11-23(12-7-18)13-8-20(26)25-16-14-24(15-17-25)19-4-2-3-9-22-19;;/h2-4,9,18,21H,5-8,10-17H2,1H3;2*1H. The van der Waals surface area contributed by atoms with E-state index in [2.05, 4.69) is 20.1 Å². The van der Waals surface area contributed by atoms with Crippen LogP contribution >= 0.6 is 24.8 Å². The summed E-state index contributed by atoms with van der Waals surface area (Å²) in [6.45, 7) is 7.69. The lowest BCUT2D eigenvalue weighted by Crippen LogP contribution is -2.49. The molecule has 6 nitrogen and oxygen atoms in total. The number of rotatable bonds is 7. The van der Waals surface area contributed by atoms with Gasteiger partial charge < -0.3 is 20.0 Å². The highest BCUT2D eigenvalue weighted by molar-refractivity contribution is 5.85. The Kier molecular flexibility index (Phi) is 11.8. The van der Waals surface area contributed by atoms with Gasteiger partial charge in [-0.15, -0.1) is 24.8 Å². The maximum absolute atomic E-state index is 12.5. The Morgan fingerprint density at radius 1 is 1.11 bits per heavy atom. The number of likely N-dealkylation sites (tertiary alicyclic amines) is 1. The molecule has 1 N–H and O–H groups in total. The van der Waals surface area contributed by atoms with Crippen molar-refractivity contribution in [2.24, 2.45) is 5.92 Å². The molecule has 3 rings (SSSR count). The second kappa shape index (κ2) is 13.2. The van der Waals surface area contributed by atoms with Gasteiger partial charge in [0.05, 0.1) is 0 Å². The number of piperidine rings is 1. The van der Waals surface area contributed by atoms with Crippen molar-refractivity contribution in [2.45, 2.75) is 25.7 Å². The molecule has 0 atom stereocenters. The van der Waals surface area contributed by atoms with Gasteiger partial charge in [-0.25, -0.2) is 4.98 Å². The van der Waals surface area contributed by atoms with Gasteiger partial charge in [0.15, 0.2) is 0 Å². The van der Waals surface area contributed by atoms with E-state index < -0.39 is 0 Å². The zero-order chi connectivity index (χ0) is 18.2. The molecule has 1 amide bonds. The summed E-state index contributed by atoms with van der Waals surface area (Å²) in [5.41, 5.74) is 0. The van der Waals surface area contributed by atoms with Crippen LogP contribution in [0.25, 0.3) is 0 Å². The largest absolute Gasteiger partial charge is 0.353 e. The van der Waals surface area contributed by atoms with Crippen LogP contribution in [0.3, 0.4) is 0 Å². The topological polar surface area (TPSA) is 51.7 Å². The van der Waals surface area contributed by atoms with Crippen molar-refractivity contribution in [3.63, 3.8) is 0 Å². The van der Waals surface area contributed by atoms with E-state index in [9.17, 15) is 4.79 Å². The lowest BCUT2D eigenvalue weighted by Gasteiger charge is -2.36. The predicted octanol–water partition coefficient (Wildman–Crippen LogP) is 2.29. The van der Waals surface area contributed by atoms with Crippen LogP contribution in [0.4, 0.5) is 5.82 Å². The summed E-state index contributed by atoms with van der Waals surface area (Å²) < 4.78 is 0. The highest BCUT2D eigenvalue weighted by atomic mass is 35.5. The number of anilines is 1. The molecule has 28 heavy (non-hydrogen) atoms. The number of hydrogen-bond donors (Lipinski definition) is 1. The molecule has 0 radical (unpaired) electrons. The monoisotopic (exact) mass is 431 g/mol. The summed E-state index contributed by atoms with van der Waals surface area (Å²) >= 11 is 0. The third-order valence-electron chi connectivity index (χ3n) is 5.76. The molecule has 8 heteroatoms. The van der Waals surface area contributed by atoms with Gasteiger partial charge in [-0.1, -0.05) is 6.07 Å². The van der Waals surface area contributed by atoms with Crippen molar-refractivity contribution in [1.82, 2.24) is 20.1 Å². The van der Waals surface area contributed by atoms with Crippen LogP contribution in [-0.4, -0.2) is 80.1 Å². The van der Waals surface area contributed by atoms with Gasteiger partial charge in [0, 0.05) is 45.3 Å². The Morgan fingerprint density at radius 3 is 2.43 bits per heavy atom. The number of carbonyl (C=O) groups is 1. The maximum Gasteiger partial charge on any atom is 0.223 e. The van der Waals surface area contributed by atoms with Crippen molar-refractivity contribution in [1.29, 1.82) is 0 Å². The predicted molar refractivity (Wildman–Crippen MR) is 120 cm³/mol. The number of nitrogens with zero attached hydrogens (tertiary/aromatic N) is 4. The second-order valence-corrected chi connectivity index (χ2v) is 7.48. The molecule has 1 aromatic rings. The van der Waals surface area contributed by atoms with E-state index in [0.29, 0.717) is 12.3 Å². The summed E-state index contributed by atoms with van der Waals surface area (Å²) in [6, 6.07) is 5.99. The fourth-order valence-corrected chi connectivity index (χ4v) is 3.98. The first-order valence-electron chi connectivity index (χ1n) is 10.1. The van der Waals surface area contributed by atoms with E-state index in [1.807, 2.05) is 36.3 Å². The Hall–Kier alpha value is -1.08. The number of carbonyl (C=O) groups excluding carboxylic acids is 1. The van der Waals surface area contributed by atoms with Gasteiger partial charge in [-0.2, -0.15) is 0 Å². The third kappa shape index (κ3) is 7.39. The van der Waals surface area contributed by atoms with Gasteiger partial charge in [-0.05, 0) is 64.0 Å². The summed E-state index contributed by atoms with van der Waals surface area (Å²) in [4.78, 5) is 23.7. The highest BCUT2D eigenvalue weighted by Gasteiger charge is 2.23. The van der Waals surface area contributed by atoms with Crippen LogP contribution in [0.1, 0.15) is 25.7 Å². The SMILES string of the molecule is CNCCC1CCN(CCC(=O)N2CCN(c3ccccn3)CC2)CC1.Cl.Cl. The van der Waals surface area contributed by atoms with E-state index in [0.717, 1.165) is 64.1 Å². The molecule has 2 saturated heterocycles. The molecular formula is C20H35Cl2N5O. The summed E-state index contributed by atoms with van der Waals surface area (Å²) in [5.74, 6) is 2.18. The summed E-state index contributed by atoms with van der Waals surface area (Å²) in [5, 5.41) is 3.25. The number of nitrogens with one attached hydrogen (secondary N) is 1. The maximum atomic E-state index is 12.5. The van der Waals surface area contributed by atoms with Gasteiger partial charge in [-0.3, -0.25) is 4.79 Å². The van der Waals surface area contributed by atoms with E-state index in [1.165, 1.54) is 19.3 Å². The molecule has 3 heterocycles. The molecule has 0 bridgehead atoms. The average molecular weight is 432 g/mol. The molecule has 1 aromatic heterocycles. The Morgan fingerprint density at radius 2 is 1.82 bits per heavy atom. The molecular weight excluding hydrogens is 397 g/mol. The van der Waals surface area contributed by atoms with Crippen molar-refractivity contribution < 1.29 is 4.79 Å². The first-order chi connectivity index (χ1) is 12.8. The van der Waals surface area contributed by atoms with E-state index >= 15 is 0 Å². The summed E-state index contributed by atoms with van der Waals surface area (Å²) in [7, 11) is 2.02. The first-order valence-corrected chi connectivity index (χ1v) is 10.1. The van der Waals surface area contributed by atoms with Crippen molar-refractivity contribution in [3.05, 3.63) is 24.4 Å². The number of halogens is 2. The van der Waals surface area contributed by atoms with Crippen LogP contribution in [0.15, 0.2) is 24.4 Å². The number of pyridine rings is 1. The molecule has 0 unspecified atom stereocenters. The van der Waals surface area contributed by atoms with Crippen LogP contribution in [0, 0.1) is 5.92 Å². The number of amides is 1. The van der Waals surface area contributed by atoms with Crippen molar-refractivity contribution in [2.75, 3.05) is 64.3 Å². The minimum atomic E-state index is 0. The quantitative estimate of drug-likeness (QED) is 0.717. The number of piperazine rings is 1. The fraction of sp³-hybridized carbons (Fsp3) is 0.700. The van der Waals surface area contributed by atoms with Crippen LogP contribution < -0.4 is 10.2 Å². The van der Waals surface area contributed by atoms with Crippen molar-refractivity contribution in [3.8, 4) is 0 Å². The average Bonchev–Trinajstić information content (AvgIpc) is 2.72. The molecule has 0 aromatic carbocycles. The van der Waals surface area contributed by atoms with Gasteiger partial charge in [0.25, 0.3) is 0 Å². The normalized spacial score (nSPS) is 18.3. The Bertz CT molecular complexity index is 547.